The number of hydrazone groups is 1. The van der Waals surface area contributed by atoms with Crippen molar-refractivity contribution in [2.24, 2.45) is 5.10 Å². The number of carbonyl (C=O) groups is 2. The molecule has 29 heavy (non-hydrogen) atoms. The second kappa shape index (κ2) is 9.66. The highest BCUT2D eigenvalue weighted by atomic mass is 32.2. The first-order valence-corrected chi connectivity index (χ1v) is 9.62. The highest BCUT2D eigenvalue weighted by molar-refractivity contribution is 7.89. The van der Waals surface area contributed by atoms with Crippen molar-refractivity contribution in [3.63, 3.8) is 0 Å². The molecule has 2 aromatic rings. The zero-order chi connectivity index (χ0) is 21.4. The number of benzene rings is 2. The van der Waals surface area contributed by atoms with E-state index in [0.717, 1.165) is 0 Å². The summed E-state index contributed by atoms with van der Waals surface area (Å²) in [5.74, 6) is -1.13. The first-order chi connectivity index (χ1) is 13.8. The maximum Gasteiger partial charge on any atom is 0.335 e. The summed E-state index contributed by atoms with van der Waals surface area (Å²) in [6, 6.07) is 9.84. The Kier molecular flexibility index (Phi) is 7.28. The number of nitrogens with one attached hydrogen (secondary N) is 2. The molecule has 0 radical (unpaired) electrons. The lowest BCUT2D eigenvalue weighted by Gasteiger charge is -2.10. The van der Waals surface area contributed by atoms with Crippen molar-refractivity contribution < 1.29 is 32.6 Å². The highest BCUT2D eigenvalue weighted by Gasteiger charge is 2.18. The van der Waals surface area contributed by atoms with Gasteiger partial charge in [0.1, 0.15) is 0 Å². The number of methoxy groups -OCH3 is 2. The van der Waals surface area contributed by atoms with Crippen LogP contribution < -0.4 is 19.6 Å². The highest BCUT2D eigenvalue weighted by Crippen LogP contribution is 2.29. The van der Waals surface area contributed by atoms with Crippen LogP contribution in [0.25, 0.3) is 0 Å². The van der Waals surface area contributed by atoms with Crippen molar-refractivity contribution in [1.29, 1.82) is 0 Å². The summed E-state index contributed by atoms with van der Waals surface area (Å²) in [5, 5.41) is 12.5. The van der Waals surface area contributed by atoms with Crippen LogP contribution in [0, 0.1) is 0 Å². The third-order valence-electron chi connectivity index (χ3n) is 3.65. The zero-order valence-corrected chi connectivity index (χ0v) is 16.4. The van der Waals surface area contributed by atoms with Crippen molar-refractivity contribution in [1.82, 2.24) is 10.1 Å². The molecule has 0 heterocycles. The Morgan fingerprint density at radius 3 is 2.31 bits per heavy atom. The number of carbonyl (C=O) groups excluding carboxylic acids is 1. The second-order valence-electron chi connectivity index (χ2n) is 5.56. The van der Waals surface area contributed by atoms with Gasteiger partial charge in [-0.1, -0.05) is 12.1 Å². The number of ether oxygens (including phenoxy) is 2. The van der Waals surface area contributed by atoms with E-state index in [2.05, 4.69) is 15.2 Å². The molecular weight excluding hydrogens is 402 g/mol. The molecule has 1 amide bonds. The molecule has 0 aliphatic rings. The smallest absolute Gasteiger partial charge is 0.335 e. The van der Waals surface area contributed by atoms with Crippen LogP contribution >= 0.6 is 0 Å². The Hall–Kier alpha value is -3.44. The lowest BCUT2D eigenvalue weighted by Crippen LogP contribution is -2.34. The van der Waals surface area contributed by atoms with Crippen LogP contribution in [0.2, 0.25) is 0 Å². The average molecular weight is 421 g/mol. The maximum absolute atomic E-state index is 12.3. The van der Waals surface area contributed by atoms with Crippen LogP contribution in [0.3, 0.4) is 0 Å². The van der Waals surface area contributed by atoms with Crippen molar-refractivity contribution in [2.75, 3.05) is 20.8 Å². The van der Waals surface area contributed by atoms with Crippen molar-refractivity contribution in [3.8, 4) is 11.5 Å². The largest absolute Gasteiger partial charge is 0.493 e. The molecule has 0 aliphatic heterocycles. The molecule has 2 rings (SSSR count). The number of amides is 1. The number of rotatable bonds is 9. The summed E-state index contributed by atoms with van der Waals surface area (Å²) in [5.41, 5.74) is 2.85. The average Bonchev–Trinajstić information content (AvgIpc) is 2.72. The SMILES string of the molecule is COc1ccc(S(=O)(=O)NCC(=O)N/N=C\c2ccc(C(=O)O)cc2)cc1OC. The van der Waals surface area contributed by atoms with E-state index in [1.54, 1.807) is 0 Å². The first-order valence-electron chi connectivity index (χ1n) is 8.14. The van der Waals surface area contributed by atoms with Crippen LogP contribution in [-0.4, -0.2) is 52.4 Å². The third-order valence-corrected chi connectivity index (χ3v) is 5.05. The number of hydrogen-bond acceptors (Lipinski definition) is 7. The predicted octanol–water partition coefficient (Wildman–Crippen LogP) is 0.831. The van der Waals surface area contributed by atoms with Crippen molar-refractivity contribution in [3.05, 3.63) is 53.6 Å². The summed E-state index contributed by atoms with van der Waals surface area (Å²) in [7, 11) is -1.15. The van der Waals surface area contributed by atoms with Gasteiger partial charge in [0.2, 0.25) is 10.0 Å². The molecule has 0 unspecified atom stereocenters. The van der Waals surface area contributed by atoms with Gasteiger partial charge in [0.15, 0.2) is 11.5 Å². The minimum Gasteiger partial charge on any atom is -0.493 e. The van der Waals surface area contributed by atoms with Gasteiger partial charge in [0, 0.05) is 6.07 Å². The topological polar surface area (TPSA) is 143 Å². The van der Waals surface area contributed by atoms with E-state index in [1.807, 2.05) is 0 Å². The van der Waals surface area contributed by atoms with E-state index >= 15 is 0 Å². The molecule has 0 fully saturated rings. The molecule has 154 valence electrons. The monoisotopic (exact) mass is 421 g/mol. The summed E-state index contributed by atoms with van der Waals surface area (Å²) < 4.78 is 36.9. The minimum absolute atomic E-state index is 0.0926. The van der Waals surface area contributed by atoms with Gasteiger partial charge in [-0.15, -0.1) is 0 Å². The van der Waals surface area contributed by atoms with E-state index in [1.165, 1.54) is 62.9 Å². The van der Waals surface area contributed by atoms with Gasteiger partial charge in [-0.3, -0.25) is 4.79 Å². The normalized spacial score (nSPS) is 11.2. The molecule has 11 heteroatoms. The number of aromatic carboxylic acids is 1. The fraction of sp³-hybridized carbons (Fsp3) is 0.167. The Morgan fingerprint density at radius 1 is 1.07 bits per heavy atom. The maximum atomic E-state index is 12.3. The van der Waals surface area contributed by atoms with E-state index < -0.39 is 28.4 Å². The number of carboxylic acids is 1. The summed E-state index contributed by atoms with van der Waals surface area (Å²) in [4.78, 5) is 22.5. The first kappa shape index (κ1) is 21.9. The zero-order valence-electron chi connectivity index (χ0n) is 15.6. The van der Waals surface area contributed by atoms with E-state index in [-0.39, 0.29) is 16.2 Å². The van der Waals surface area contributed by atoms with Gasteiger partial charge in [0.05, 0.1) is 37.4 Å². The van der Waals surface area contributed by atoms with Crippen molar-refractivity contribution in [2.45, 2.75) is 4.90 Å². The quantitative estimate of drug-likeness (QED) is 0.402. The summed E-state index contributed by atoms with van der Waals surface area (Å²) >= 11 is 0. The van der Waals surface area contributed by atoms with Gasteiger partial charge in [-0.25, -0.2) is 23.4 Å². The number of hydrogen-bond donors (Lipinski definition) is 3. The Morgan fingerprint density at radius 2 is 1.72 bits per heavy atom. The lowest BCUT2D eigenvalue weighted by molar-refractivity contribution is -0.119. The summed E-state index contributed by atoms with van der Waals surface area (Å²) in [6.07, 6.45) is 1.30. The van der Waals surface area contributed by atoms with Gasteiger partial charge in [-0.2, -0.15) is 5.10 Å². The molecule has 0 aromatic heterocycles. The molecule has 0 bridgehead atoms. The molecule has 10 nitrogen and oxygen atoms in total. The minimum atomic E-state index is -3.96. The fourth-order valence-corrected chi connectivity index (χ4v) is 3.15. The standard InChI is InChI=1S/C18H19N3O7S/c1-27-15-8-7-14(9-16(15)28-2)29(25,26)20-11-17(22)21-19-10-12-3-5-13(6-4-12)18(23)24/h3-10,20H,11H2,1-2H3,(H,21,22)(H,23,24)/b19-10-. The second-order valence-corrected chi connectivity index (χ2v) is 7.33. The van der Waals surface area contributed by atoms with E-state index in [0.29, 0.717) is 11.3 Å². The molecule has 0 atom stereocenters. The van der Waals surface area contributed by atoms with Gasteiger partial charge >= 0.3 is 5.97 Å². The van der Waals surface area contributed by atoms with Crippen LogP contribution in [0.1, 0.15) is 15.9 Å². The third kappa shape index (κ3) is 6.02. The van der Waals surface area contributed by atoms with Crippen LogP contribution in [0.5, 0.6) is 11.5 Å². The molecule has 0 saturated carbocycles. The molecule has 0 saturated heterocycles. The van der Waals surface area contributed by atoms with Crippen LogP contribution in [0.15, 0.2) is 52.5 Å². The van der Waals surface area contributed by atoms with Gasteiger partial charge < -0.3 is 14.6 Å². The lowest BCUT2D eigenvalue weighted by atomic mass is 10.1. The molecular formula is C18H19N3O7S. The molecule has 3 N–H and O–H groups in total. The Balaban J connectivity index is 1.93. The fourth-order valence-electron chi connectivity index (χ4n) is 2.16. The number of nitrogens with zero attached hydrogens (tertiary/aromatic N) is 1. The van der Waals surface area contributed by atoms with Crippen LogP contribution in [-0.2, 0) is 14.8 Å². The summed E-state index contributed by atoms with van der Waals surface area (Å²) in [6.45, 7) is -0.536. The Bertz CT molecular complexity index is 1020. The number of carboxylic acid groups (broad SMARTS) is 1. The molecule has 2 aromatic carbocycles. The van der Waals surface area contributed by atoms with Gasteiger partial charge in [0.25, 0.3) is 5.91 Å². The van der Waals surface area contributed by atoms with E-state index in [9.17, 15) is 18.0 Å². The van der Waals surface area contributed by atoms with Crippen LogP contribution in [0.4, 0.5) is 0 Å². The number of sulfonamides is 1. The van der Waals surface area contributed by atoms with E-state index in [4.69, 9.17) is 14.6 Å². The molecule has 0 spiro atoms. The molecule has 0 aliphatic carbocycles. The Labute approximate surface area is 167 Å². The predicted molar refractivity (Wildman–Crippen MR) is 104 cm³/mol. The van der Waals surface area contributed by atoms with Gasteiger partial charge in [-0.05, 0) is 29.8 Å². The van der Waals surface area contributed by atoms with Crippen molar-refractivity contribution >= 4 is 28.1 Å².